The fourth-order valence-electron chi connectivity index (χ4n) is 4.33. The lowest BCUT2D eigenvalue weighted by atomic mass is 9.80. The van der Waals surface area contributed by atoms with Gasteiger partial charge in [0, 0.05) is 36.1 Å². The van der Waals surface area contributed by atoms with E-state index in [0.29, 0.717) is 28.7 Å². The Morgan fingerprint density at radius 1 is 0.735 bits per heavy atom. The molecule has 0 aromatic heterocycles. The smallest absolute Gasteiger partial charge is 0.282 e. The van der Waals surface area contributed by atoms with Crippen molar-refractivity contribution in [1.82, 2.24) is 4.58 Å². The summed E-state index contributed by atoms with van der Waals surface area (Å²) in [6.07, 6.45) is 0. The summed E-state index contributed by atoms with van der Waals surface area (Å²) in [6, 6.07) is 10.3. The van der Waals surface area contributed by atoms with Gasteiger partial charge in [-0.3, -0.25) is 13.7 Å². The van der Waals surface area contributed by atoms with Crippen molar-refractivity contribution in [2.24, 2.45) is 0 Å². The monoisotopic (exact) mass is 526 g/mol. The van der Waals surface area contributed by atoms with Crippen LogP contribution in [0.1, 0.15) is 26.3 Å². The van der Waals surface area contributed by atoms with Crippen molar-refractivity contribution in [3.8, 4) is 0 Å². The van der Waals surface area contributed by atoms with Crippen LogP contribution in [0.15, 0.2) is 63.2 Å². The van der Waals surface area contributed by atoms with Crippen LogP contribution in [0.2, 0.25) is 0 Å². The molecule has 0 saturated heterocycles. The van der Waals surface area contributed by atoms with Gasteiger partial charge in [-0.2, -0.15) is 29.8 Å². The third-order valence-corrected chi connectivity index (χ3v) is 8.68. The van der Waals surface area contributed by atoms with Gasteiger partial charge in [0.15, 0.2) is 5.71 Å². The highest BCUT2D eigenvalue weighted by Gasteiger charge is 2.46. The molecule has 180 valence electrons. The molecule has 10 nitrogen and oxygen atoms in total. The second-order valence-corrected chi connectivity index (χ2v) is 12.7. The van der Waals surface area contributed by atoms with E-state index >= 15 is 0 Å². The minimum Gasteiger partial charge on any atom is -0.282 e. The van der Waals surface area contributed by atoms with Crippen molar-refractivity contribution < 1.29 is 38.9 Å². The van der Waals surface area contributed by atoms with E-state index in [1.807, 2.05) is 0 Å². The first kappa shape index (κ1) is 24.4. The SMILES string of the molecule is CC1=[N+](c2cccc(S(=O)(=O)O)c2)c2ccc3c(S(=O)(=O)O)cc(S(=O)(=O)O)cc3c2C1(C)C. The molecule has 0 spiro atoms. The Kier molecular flexibility index (Phi) is 5.33. The van der Waals surface area contributed by atoms with E-state index in [-0.39, 0.29) is 15.7 Å². The zero-order valence-electron chi connectivity index (χ0n) is 18.1. The maximum absolute atomic E-state index is 12.1. The maximum Gasteiger partial charge on any atom is 0.295 e. The number of rotatable bonds is 4. The van der Waals surface area contributed by atoms with Gasteiger partial charge in [-0.05, 0) is 43.5 Å². The Balaban J connectivity index is 2.15. The summed E-state index contributed by atoms with van der Waals surface area (Å²) in [4.78, 5) is -1.71. The molecule has 0 atom stereocenters. The summed E-state index contributed by atoms with van der Waals surface area (Å²) in [5.74, 6) is 0. The molecule has 13 heteroatoms. The molecular formula is C21H20NO9S3+. The van der Waals surface area contributed by atoms with Gasteiger partial charge in [-0.25, -0.2) is 0 Å². The summed E-state index contributed by atoms with van der Waals surface area (Å²) < 4.78 is 102. The molecule has 4 rings (SSSR count). The lowest BCUT2D eigenvalue weighted by Crippen LogP contribution is -2.26. The zero-order valence-corrected chi connectivity index (χ0v) is 20.5. The number of hydrogen-bond acceptors (Lipinski definition) is 6. The van der Waals surface area contributed by atoms with Gasteiger partial charge in [-0.1, -0.05) is 6.07 Å². The van der Waals surface area contributed by atoms with E-state index in [0.717, 1.165) is 6.07 Å². The molecule has 0 amide bonds. The molecule has 0 bridgehead atoms. The van der Waals surface area contributed by atoms with Gasteiger partial charge >= 0.3 is 0 Å². The molecule has 0 unspecified atom stereocenters. The van der Waals surface area contributed by atoms with Crippen LogP contribution in [0.25, 0.3) is 10.8 Å². The van der Waals surface area contributed by atoms with Crippen molar-refractivity contribution in [2.45, 2.75) is 40.9 Å². The molecule has 0 radical (unpaired) electrons. The van der Waals surface area contributed by atoms with Gasteiger partial charge in [0.05, 0.1) is 10.3 Å². The van der Waals surface area contributed by atoms with E-state index in [4.69, 9.17) is 0 Å². The highest BCUT2D eigenvalue weighted by molar-refractivity contribution is 7.87. The van der Waals surface area contributed by atoms with Gasteiger partial charge in [0.25, 0.3) is 30.4 Å². The third kappa shape index (κ3) is 3.83. The fourth-order valence-corrected chi connectivity index (χ4v) is 6.19. The van der Waals surface area contributed by atoms with Crippen LogP contribution in [0, 0.1) is 0 Å². The average Bonchev–Trinajstić information content (AvgIpc) is 2.91. The normalized spacial score (nSPS) is 16.2. The van der Waals surface area contributed by atoms with Crippen LogP contribution in [-0.4, -0.2) is 44.6 Å². The average molecular weight is 527 g/mol. The van der Waals surface area contributed by atoms with Crippen molar-refractivity contribution in [3.05, 3.63) is 54.1 Å². The van der Waals surface area contributed by atoms with Crippen LogP contribution >= 0.6 is 0 Å². The number of hydrogen-bond donors (Lipinski definition) is 3. The first-order valence-corrected chi connectivity index (χ1v) is 14.0. The fraction of sp³-hybridized carbons (Fsp3) is 0.190. The Hall–Kier alpha value is -2.68. The lowest BCUT2D eigenvalue weighted by molar-refractivity contribution is 0.479. The largest absolute Gasteiger partial charge is 0.295 e. The second-order valence-electron chi connectivity index (χ2n) is 8.44. The molecule has 3 aromatic rings. The number of nitrogens with zero attached hydrogens (tertiary/aromatic N) is 1. The summed E-state index contributed by atoms with van der Waals surface area (Å²) in [7, 11) is -14.2. The summed E-state index contributed by atoms with van der Waals surface area (Å²) >= 11 is 0. The Morgan fingerprint density at radius 2 is 1.35 bits per heavy atom. The molecule has 0 fully saturated rings. The van der Waals surface area contributed by atoms with Crippen molar-refractivity contribution in [2.75, 3.05) is 0 Å². The molecule has 0 saturated carbocycles. The quantitative estimate of drug-likeness (QED) is 0.342. The molecule has 34 heavy (non-hydrogen) atoms. The van der Waals surface area contributed by atoms with Crippen LogP contribution in [0.5, 0.6) is 0 Å². The van der Waals surface area contributed by atoms with Crippen LogP contribution in [0.3, 0.4) is 0 Å². The van der Waals surface area contributed by atoms with E-state index < -0.39 is 45.6 Å². The summed E-state index contributed by atoms with van der Waals surface area (Å²) in [6.45, 7) is 5.38. The van der Waals surface area contributed by atoms with E-state index in [2.05, 4.69) is 0 Å². The highest BCUT2D eigenvalue weighted by Crippen LogP contribution is 2.47. The summed E-state index contributed by atoms with van der Waals surface area (Å²) in [5, 5.41) is 0.209. The summed E-state index contributed by atoms with van der Waals surface area (Å²) in [5.41, 5.74) is 1.25. The third-order valence-electron chi connectivity index (χ3n) is 6.10. The first-order valence-electron chi connectivity index (χ1n) is 9.72. The topological polar surface area (TPSA) is 166 Å². The Morgan fingerprint density at radius 3 is 1.91 bits per heavy atom. The molecular weight excluding hydrogens is 506 g/mol. The minimum absolute atomic E-state index is 0.0445. The standard InChI is InChI=1S/C21H19NO9S3/c1-12-21(2,3)20-17-10-15(33(26,27)28)11-19(34(29,30)31)16(17)7-8-18(20)22(12)13-5-4-6-14(9-13)32(23,24)25/h4-11H,1-3H3,(H2-,23,24,25,26,27,28,29,30,31)/p+1. The maximum atomic E-state index is 12.1. The second kappa shape index (κ2) is 7.41. The number of benzene rings is 3. The lowest BCUT2D eigenvalue weighted by Gasteiger charge is -2.18. The van der Waals surface area contributed by atoms with Gasteiger partial charge in [0.2, 0.25) is 11.4 Å². The predicted octanol–water partition coefficient (Wildman–Crippen LogP) is 3.17. The van der Waals surface area contributed by atoms with Gasteiger partial charge < -0.3 is 0 Å². The highest BCUT2D eigenvalue weighted by atomic mass is 32.2. The van der Waals surface area contributed by atoms with Crippen LogP contribution < -0.4 is 4.58 Å². The van der Waals surface area contributed by atoms with E-state index in [9.17, 15) is 38.9 Å². The van der Waals surface area contributed by atoms with Crippen molar-refractivity contribution in [3.63, 3.8) is 0 Å². The number of fused-ring (bicyclic) bond motifs is 3. The van der Waals surface area contributed by atoms with Crippen LogP contribution in [-0.2, 0) is 35.8 Å². The predicted molar refractivity (Wildman–Crippen MR) is 125 cm³/mol. The Labute approximate surface area is 196 Å². The van der Waals surface area contributed by atoms with E-state index in [1.165, 1.54) is 24.3 Å². The Bertz CT molecular complexity index is 1750. The van der Waals surface area contributed by atoms with Gasteiger partial charge in [0.1, 0.15) is 9.79 Å². The minimum atomic E-state index is -4.86. The molecule has 1 aliphatic heterocycles. The van der Waals surface area contributed by atoms with Crippen LogP contribution in [0.4, 0.5) is 11.4 Å². The molecule has 3 aromatic carbocycles. The first-order chi connectivity index (χ1) is 15.4. The van der Waals surface area contributed by atoms with Crippen molar-refractivity contribution >= 4 is 58.2 Å². The van der Waals surface area contributed by atoms with E-state index in [1.54, 1.807) is 37.5 Å². The van der Waals surface area contributed by atoms with Crippen molar-refractivity contribution in [1.29, 1.82) is 0 Å². The van der Waals surface area contributed by atoms with Gasteiger partial charge in [-0.15, -0.1) is 0 Å². The molecule has 1 aliphatic rings. The molecule has 0 aliphatic carbocycles. The zero-order chi connectivity index (χ0) is 25.4. The molecule has 3 N–H and O–H groups in total. The molecule has 1 heterocycles.